The largest absolute Gasteiger partial charge is 0.370 e. The molecule has 1 heterocycles. The Morgan fingerprint density at radius 3 is 2.53 bits per heavy atom. The molecule has 0 aromatic rings. The van der Waals surface area contributed by atoms with Crippen molar-refractivity contribution < 1.29 is 4.79 Å². The molecule has 88 valence electrons. The van der Waals surface area contributed by atoms with Crippen molar-refractivity contribution in [2.45, 2.75) is 26.2 Å². The molecular formula is C11H23N3O. The molecule has 0 aromatic carbocycles. The van der Waals surface area contributed by atoms with E-state index in [0.717, 1.165) is 39.0 Å². The number of carbonyl (C=O) groups excluding carboxylic acids is 1. The lowest BCUT2D eigenvalue weighted by Gasteiger charge is -2.32. The molecule has 0 aliphatic carbocycles. The fourth-order valence-corrected chi connectivity index (χ4v) is 2.17. The van der Waals surface area contributed by atoms with Gasteiger partial charge in [0.05, 0.1) is 0 Å². The molecule has 1 rings (SSSR count). The SMILES string of the molecule is CC(CN)CN1CCC(CC(N)=O)CC1. The lowest BCUT2D eigenvalue weighted by atomic mass is 9.93. The van der Waals surface area contributed by atoms with E-state index in [-0.39, 0.29) is 5.91 Å². The van der Waals surface area contributed by atoms with Crippen molar-refractivity contribution in [2.75, 3.05) is 26.2 Å². The number of amides is 1. The second-order valence-electron chi connectivity index (χ2n) is 4.76. The van der Waals surface area contributed by atoms with Crippen LogP contribution in [0.25, 0.3) is 0 Å². The van der Waals surface area contributed by atoms with Gasteiger partial charge in [0, 0.05) is 13.0 Å². The highest BCUT2D eigenvalue weighted by molar-refractivity contribution is 5.73. The predicted octanol–water partition coefficient (Wildman–Crippen LogP) is 0.169. The van der Waals surface area contributed by atoms with Crippen LogP contribution in [0.15, 0.2) is 0 Å². The molecule has 1 amide bonds. The highest BCUT2D eigenvalue weighted by atomic mass is 16.1. The van der Waals surface area contributed by atoms with E-state index < -0.39 is 0 Å². The molecule has 0 aromatic heterocycles. The zero-order valence-corrected chi connectivity index (χ0v) is 9.61. The van der Waals surface area contributed by atoms with E-state index in [9.17, 15) is 4.79 Å². The highest BCUT2D eigenvalue weighted by Crippen LogP contribution is 2.20. The van der Waals surface area contributed by atoms with Crippen molar-refractivity contribution in [3.05, 3.63) is 0 Å². The summed E-state index contributed by atoms with van der Waals surface area (Å²) in [4.78, 5) is 13.2. The quantitative estimate of drug-likeness (QED) is 0.683. The lowest BCUT2D eigenvalue weighted by Crippen LogP contribution is -2.38. The number of primary amides is 1. The predicted molar refractivity (Wildman–Crippen MR) is 61.2 cm³/mol. The normalized spacial score (nSPS) is 21.5. The van der Waals surface area contributed by atoms with E-state index in [1.54, 1.807) is 0 Å². The van der Waals surface area contributed by atoms with Crippen molar-refractivity contribution in [1.82, 2.24) is 4.90 Å². The molecule has 1 fully saturated rings. The maximum atomic E-state index is 10.8. The summed E-state index contributed by atoms with van der Waals surface area (Å²) in [6.07, 6.45) is 2.75. The van der Waals surface area contributed by atoms with Crippen molar-refractivity contribution in [1.29, 1.82) is 0 Å². The molecule has 0 radical (unpaired) electrons. The van der Waals surface area contributed by atoms with Gasteiger partial charge in [-0.05, 0) is 44.3 Å². The summed E-state index contributed by atoms with van der Waals surface area (Å²) in [6.45, 7) is 6.18. The molecule has 15 heavy (non-hydrogen) atoms. The smallest absolute Gasteiger partial charge is 0.217 e. The van der Waals surface area contributed by atoms with Gasteiger partial charge in [-0.25, -0.2) is 0 Å². The maximum Gasteiger partial charge on any atom is 0.217 e. The first-order chi connectivity index (χ1) is 7.11. The first-order valence-corrected chi connectivity index (χ1v) is 5.82. The fraction of sp³-hybridized carbons (Fsp3) is 0.909. The number of likely N-dealkylation sites (tertiary alicyclic amines) is 1. The maximum absolute atomic E-state index is 10.8. The Bertz CT molecular complexity index is 200. The van der Waals surface area contributed by atoms with Crippen LogP contribution in [0.2, 0.25) is 0 Å². The topological polar surface area (TPSA) is 72.3 Å². The Balaban J connectivity index is 2.20. The molecule has 0 saturated carbocycles. The Hall–Kier alpha value is -0.610. The Morgan fingerprint density at radius 1 is 1.47 bits per heavy atom. The zero-order valence-electron chi connectivity index (χ0n) is 9.61. The van der Waals surface area contributed by atoms with Gasteiger partial charge in [0.25, 0.3) is 0 Å². The van der Waals surface area contributed by atoms with E-state index in [0.29, 0.717) is 18.3 Å². The van der Waals surface area contributed by atoms with Crippen LogP contribution in [0.4, 0.5) is 0 Å². The molecule has 1 unspecified atom stereocenters. The molecule has 1 aliphatic heterocycles. The fourth-order valence-electron chi connectivity index (χ4n) is 2.17. The van der Waals surface area contributed by atoms with E-state index in [1.807, 2.05) is 0 Å². The second-order valence-corrected chi connectivity index (χ2v) is 4.76. The van der Waals surface area contributed by atoms with Crippen LogP contribution >= 0.6 is 0 Å². The van der Waals surface area contributed by atoms with E-state index in [2.05, 4.69) is 11.8 Å². The van der Waals surface area contributed by atoms with Gasteiger partial charge >= 0.3 is 0 Å². The second kappa shape index (κ2) is 6.08. The van der Waals surface area contributed by atoms with Gasteiger partial charge < -0.3 is 16.4 Å². The molecule has 0 bridgehead atoms. The molecule has 4 heteroatoms. The number of hydrogen-bond acceptors (Lipinski definition) is 3. The molecule has 1 atom stereocenters. The van der Waals surface area contributed by atoms with E-state index in [1.165, 1.54) is 0 Å². The average Bonchev–Trinajstić information content (AvgIpc) is 2.20. The van der Waals surface area contributed by atoms with Gasteiger partial charge in [0.2, 0.25) is 5.91 Å². The number of nitrogens with zero attached hydrogens (tertiary/aromatic N) is 1. The minimum Gasteiger partial charge on any atom is -0.370 e. The summed E-state index contributed by atoms with van der Waals surface area (Å²) in [5, 5.41) is 0. The molecule has 0 spiro atoms. The van der Waals surface area contributed by atoms with Gasteiger partial charge in [-0.3, -0.25) is 4.79 Å². The molecule has 4 N–H and O–H groups in total. The van der Waals surface area contributed by atoms with Crippen LogP contribution in [0.3, 0.4) is 0 Å². The molecule has 1 saturated heterocycles. The zero-order chi connectivity index (χ0) is 11.3. The Morgan fingerprint density at radius 2 is 2.07 bits per heavy atom. The number of carbonyl (C=O) groups is 1. The third kappa shape index (κ3) is 4.62. The molecular weight excluding hydrogens is 190 g/mol. The minimum atomic E-state index is -0.163. The van der Waals surface area contributed by atoms with Crippen molar-refractivity contribution in [3.8, 4) is 0 Å². The summed E-state index contributed by atoms with van der Waals surface area (Å²) in [7, 11) is 0. The van der Waals surface area contributed by atoms with Crippen molar-refractivity contribution in [2.24, 2.45) is 23.3 Å². The Labute approximate surface area is 92.0 Å². The van der Waals surface area contributed by atoms with E-state index in [4.69, 9.17) is 11.5 Å². The lowest BCUT2D eigenvalue weighted by molar-refractivity contribution is -0.119. The van der Waals surface area contributed by atoms with Gasteiger partial charge in [-0.15, -0.1) is 0 Å². The molecule has 1 aliphatic rings. The summed E-state index contributed by atoms with van der Waals surface area (Å²) < 4.78 is 0. The number of piperidine rings is 1. The summed E-state index contributed by atoms with van der Waals surface area (Å²) in [6, 6.07) is 0. The standard InChI is InChI=1S/C11H23N3O/c1-9(7-12)8-14-4-2-10(3-5-14)6-11(13)15/h9-10H,2-8,12H2,1H3,(H2,13,15). The van der Waals surface area contributed by atoms with Gasteiger partial charge in [0.15, 0.2) is 0 Å². The average molecular weight is 213 g/mol. The van der Waals surface area contributed by atoms with Gasteiger partial charge in [-0.2, -0.15) is 0 Å². The summed E-state index contributed by atoms with van der Waals surface area (Å²) >= 11 is 0. The van der Waals surface area contributed by atoms with Gasteiger partial charge in [-0.1, -0.05) is 6.92 Å². The minimum absolute atomic E-state index is 0.163. The van der Waals surface area contributed by atoms with Crippen LogP contribution in [0, 0.1) is 11.8 Å². The summed E-state index contributed by atoms with van der Waals surface area (Å²) in [5.74, 6) is 0.911. The van der Waals surface area contributed by atoms with Crippen LogP contribution in [0.5, 0.6) is 0 Å². The van der Waals surface area contributed by atoms with Crippen LogP contribution in [-0.2, 0) is 4.79 Å². The van der Waals surface area contributed by atoms with E-state index >= 15 is 0 Å². The van der Waals surface area contributed by atoms with Crippen LogP contribution in [0.1, 0.15) is 26.2 Å². The van der Waals surface area contributed by atoms with Gasteiger partial charge in [0.1, 0.15) is 0 Å². The number of hydrogen-bond donors (Lipinski definition) is 2. The third-order valence-corrected chi connectivity index (χ3v) is 3.17. The van der Waals surface area contributed by atoms with Crippen molar-refractivity contribution >= 4 is 5.91 Å². The third-order valence-electron chi connectivity index (χ3n) is 3.17. The first-order valence-electron chi connectivity index (χ1n) is 5.82. The number of nitrogens with two attached hydrogens (primary N) is 2. The molecule has 4 nitrogen and oxygen atoms in total. The Kier molecular flexibility index (Phi) is 5.05. The monoisotopic (exact) mass is 213 g/mol. The van der Waals surface area contributed by atoms with Crippen LogP contribution in [-0.4, -0.2) is 37.0 Å². The highest BCUT2D eigenvalue weighted by Gasteiger charge is 2.21. The first kappa shape index (κ1) is 12.5. The van der Waals surface area contributed by atoms with Crippen LogP contribution < -0.4 is 11.5 Å². The van der Waals surface area contributed by atoms with Crippen molar-refractivity contribution in [3.63, 3.8) is 0 Å². The summed E-state index contributed by atoms with van der Waals surface area (Å²) in [5.41, 5.74) is 10.8. The number of rotatable bonds is 5.